The molecule has 0 aliphatic rings. The van der Waals surface area contributed by atoms with E-state index in [1.807, 2.05) is 25.1 Å². The minimum absolute atomic E-state index is 0.114. The van der Waals surface area contributed by atoms with Crippen LogP contribution in [0.25, 0.3) is 6.08 Å². The van der Waals surface area contributed by atoms with Crippen molar-refractivity contribution in [2.75, 3.05) is 12.4 Å². The van der Waals surface area contributed by atoms with Crippen LogP contribution in [0.15, 0.2) is 60.2 Å². The minimum atomic E-state index is -0.575. The molecule has 8 heteroatoms. The number of aryl methyl sites for hydroxylation is 1. The quantitative estimate of drug-likeness (QED) is 0.277. The molecule has 0 aliphatic carbocycles. The smallest absolute Gasteiger partial charge is 0.266 e. The average molecular weight is 502 g/mol. The summed E-state index contributed by atoms with van der Waals surface area (Å²) < 4.78 is 11.3. The fourth-order valence-electron chi connectivity index (χ4n) is 2.93. The van der Waals surface area contributed by atoms with Crippen LogP contribution in [0.5, 0.6) is 11.5 Å². The van der Waals surface area contributed by atoms with Crippen molar-refractivity contribution >= 4 is 52.5 Å². The van der Waals surface area contributed by atoms with Gasteiger partial charge < -0.3 is 14.8 Å². The first-order valence-corrected chi connectivity index (χ1v) is 10.9. The van der Waals surface area contributed by atoms with E-state index in [0.717, 1.165) is 11.1 Å². The lowest BCUT2D eigenvalue weighted by atomic mass is 10.1. The molecule has 3 aromatic rings. The Kier molecular flexibility index (Phi) is 8.24. The zero-order chi connectivity index (χ0) is 24.0. The Balaban J connectivity index is 1.82. The summed E-state index contributed by atoms with van der Waals surface area (Å²) in [5.74, 6) is 0.126. The van der Waals surface area contributed by atoms with Gasteiger partial charge in [0, 0.05) is 15.7 Å². The van der Waals surface area contributed by atoms with Gasteiger partial charge in [0.15, 0.2) is 11.5 Å². The summed E-state index contributed by atoms with van der Waals surface area (Å²) in [6, 6.07) is 17.5. The second-order valence-electron chi connectivity index (χ2n) is 7.04. The summed E-state index contributed by atoms with van der Waals surface area (Å²) in [6.45, 7) is 2.09. The lowest BCUT2D eigenvalue weighted by Crippen LogP contribution is -2.13. The summed E-state index contributed by atoms with van der Waals surface area (Å²) in [5.41, 5.74) is 2.62. The Bertz CT molecular complexity index is 1270. The number of hydrogen-bond acceptors (Lipinski definition) is 4. The van der Waals surface area contributed by atoms with Crippen LogP contribution in [0, 0.1) is 18.3 Å². The lowest BCUT2D eigenvalue weighted by molar-refractivity contribution is -0.112. The second-order valence-corrected chi connectivity index (χ2v) is 8.29. The van der Waals surface area contributed by atoms with Crippen molar-refractivity contribution < 1.29 is 14.3 Å². The van der Waals surface area contributed by atoms with Crippen molar-refractivity contribution in [3.8, 4) is 17.6 Å². The van der Waals surface area contributed by atoms with Gasteiger partial charge in [-0.3, -0.25) is 4.79 Å². The van der Waals surface area contributed by atoms with Gasteiger partial charge in [0.2, 0.25) is 0 Å². The monoisotopic (exact) mass is 500 g/mol. The molecule has 1 amide bonds. The predicted octanol–water partition coefficient (Wildman–Crippen LogP) is 7.09. The standard InChI is InChI=1S/C25H19Cl3N2O3/c1-15-6-7-20(12-21(15)27)30-25(31)18(13-29)8-17-10-22(28)24(23(11-17)32-2)33-14-16-4-3-5-19(26)9-16/h3-12H,14H2,1-2H3,(H,30,31)/b18-8+. The zero-order valence-corrected chi connectivity index (χ0v) is 20.1. The number of nitrogens with one attached hydrogen (secondary N) is 1. The van der Waals surface area contributed by atoms with Crippen molar-refractivity contribution in [1.82, 2.24) is 0 Å². The molecule has 0 heterocycles. The van der Waals surface area contributed by atoms with Gasteiger partial charge in [-0.15, -0.1) is 0 Å². The van der Waals surface area contributed by atoms with Gasteiger partial charge in [-0.25, -0.2) is 0 Å². The largest absolute Gasteiger partial charge is 0.493 e. The van der Waals surface area contributed by atoms with E-state index in [0.29, 0.717) is 32.8 Å². The van der Waals surface area contributed by atoms with E-state index >= 15 is 0 Å². The van der Waals surface area contributed by atoms with Gasteiger partial charge in [-0.05, 0) is 66.1 Å². The number of ether oxygens (including phenoxy) is 2. The van der Waals surface area contributed by atoms with Crippen molar-refractivity contribution in [3.05, 3.63) is 91.9 Å². The molecule has 0 saturated heterocycles. The van der Waals surface area contributed by atoms with E-state index in [4.69, 9.17) is 44.3 Å². The molecule has 0 unspecified atom stereocenters. The number of nitrogens with zero attached hydrogens (tertiary/aromatic N) is 1. The normalized spacial score (nSPS) is 11.0. The summed E-state index contributed by atoms with van der Waals surface area (Å²) in [7, 11) is 1.48. The molecule has 0 aliphatic heterocycles. The molecular weight excluding hydrogens is 483 g/mol. The SMILES string of the molecule is COc1cc(/C=C(\C#N)C(=O)Nc2ccc(C)c(Cl)c2)cc(Cl)c1OCc1cccc(Cl)c1. The van der Waals surface area contributed by atoms with Crippen molar-refractivity contribution in [1.29, 1.82) is 5.26 Å². The van der Waals surface area contributed by atoms with Crippen LogP contribution in [0.3, 0.4) is 0 Å². The first-order valence-electron chi connectivity index (χ1n) is 9.74. The van der Waals surface area contributed by atoms with E-state index in [2.05, 4.69) is 5.32 Å². The maximum atomic E-state index is 12.6. The Hall–Kier alpha value is -3.17. The van der Waals surface area contributed by atoms with E-state index in [9.17, 15) is 10.1 Å². The number of nitriles is 1. The number of rotatable bonds is 7. The van der Waals surface area contributed by atoms with Gasteiger partial charge in [0.25, 0.3) is 5.91 Å². The highest BCUT2D eigenvalue weighted by Crippen LogP contribution is 2.37. The van der Waals surface area contributed by atoms with Crippen molar-refractivity contribution in [2.24, 2.45) is 0 Å². The van der Waals surface area contributed by atoms with Crippen LogP contribution in [-0.2, 0) is 11.4 Å². The summed E-state index contributed by atoms with van der Waals surface area (Å²) in [6.07, 6.45) is 1.42. The molecule has 1 N–H and O–H groups in total. The molecule has 168 valence electrons. The van der Waals surface area contributed by atoms with E-state index in [-0.39, 0.29) is 17.2 Å². The number of halogens is 3. The van der Waals surface area contributed by atoms with Gasteiger partial charge in [0.1, 0.15) is 18.2 Å². The fourth-order valence-corrected chi connectivity index (χ4v) is 3.60. The number of hydrogen-bond donors (Lipinski definition) is 1. The zero-order valence-electron chi connectivity index (χ0n) is 17.8. The van der Waals surface area contributed by atoms with Gasteiger partial charge in [-0.2, -0.15) is 5.26 Å². The van der Waals surface area contributed by atoms with Gasteiger partial charge in [0.05, 0.1) is 12.1 Å². The van der Waals surface area contributed by atoms with E-state index in [1.54, 1.807) is 42.5 Å². The molecule has 3 rings (SSSR count). The summed E-state index contributed by atoms with van der Waals surface area (Å²) in [4.78, 5) is 12.6. The lowest BCUT2D eigenvalue weighted by Gasteiger charge is -2.14. The summed E-state index contributed by atoms with van der Waals surface area (Å²) in [5, 5.41) is 13.6. The Morgan fingerprint density at radius 1 is 1.09 bits per heavy atom. The van der Waals surface area contributed by atoms with Crippen LogP contribution >= 0.6 is 34.8 Å². The number of carbonyl (C=O) groups is 1. The summed E-state index contributed by atoms with van der Waals surface area (Å²) >= 11 is 18.5. The Morgan fingerprint density at radius 3 is 2.55 bits per heavy atom. The van der Waals surface area contributed by atoms with Gasteiger partial charge in [-0.1, -0.05) is 53.0 Å². The molecule has 0 atom stereocenters. The number of methoxy groups -OCH3 is 1. The van der Waals surface area contributed by atoms with Crippen LogP contribution in [0.4, 0.5) is 5.69 Å². The maximum Gasteiger partial charge on any atom is 0.266 e. The topological polar surface area (TPSA) is 71.3 Å². The molecular formula is C25H19Cl3N2O3. The fraction of sp³-hybridized carbons (Fsp3) is 0.120. The average Bonchev–Trinajstić information content (AvgIpc) is 2.78. The molecule has 0 spiro atoms. The Labute approximate surface area is 207 Å². The van der Waals surface area contributed by atoms with E-state index < -0.39 is 5.91 Å². The first kappa shape index (κ1) is 24.5. The molecule has 5 nitrogen and oxygen atoms in total. The van der Waals surface area contributed by atoms with Crippen molar-refractivity contribution in [2.45, 2.75) is 13.5 Å². The molecule has 3 aromatic carbocycles. The van der Waals surface area contributed by atoms with E-state index in [1.165, 1.54) is 13.2 Å². The molecule has 0 saturated carbocycles. The number of benzene rings is 3. The maximum absolute atomic E-state index is 12.6. The molecule has 0 aromatic heterocycles. The molecule has 0 bridgehead atoms. The van der Waals surface area contributed by atoms with Crippen molar-refractivity contribution in [3.63, 3.8) is 0 Å². The first-order chi connectivity index (χ1) is 15.8. The number of amides is 1. The third kappa shape index (κ3) is 6.43. The third-order valence-electron chi connectivity index (χ3n) is 4.63. The number of carbonyl (C=O) groups excluding carboxylic acids is 1. The third-order valence-corrected chi connectivity index (χ3v) is 5.55. The molecule has 0 fully saturated rings. The highest BCUT2D eigenvalue weighted by molar-refractivity contribution is 6.32. The van der Waals surface area contributed by atoms with Crippen LogP contribution in [0.1, 0.15) is 16.7 Å². The van der Waals surface area contributed by atoms with Crippen LogP contribution in [-0.4, -0.2) is 13.0 Å². The van der Waals surface area contributed by atoms with Crippen LogP contribution < -0.4 is 14.8 Å². The predicted molar refractivity (Wildman–Crippen MR) is 132 cm³/mol. The second kappa shape index (κ2) is 11.1. The van der Waals surface area contributed by atoms with Gasteiger partial charge >= 0.3 is 0 Å². The van der Waals surface area contributed by atoms with Crippen LogP contribution in [0.2, 0.25) is 15.1 Å². The highest BCUT2D eigenvalue weighted by atomic mass is 35.5. The highest BCUT2D eigenvalue weighted by Gasteiger charge is 2.15. The molecule has 33 heavy (non-hydrogen) atoms. The molecule has 0 radical (unpaired) electrons. The minimum Gasteiger partial charge on any atom is -0.493 e. The Morgan fingerprint density at radius 2 is 1.88 bits per heavy atom. The number of anilines is 1.